The van der Waals surface area contributed by atoms with Crippen LogP contribution in [-0.2, 0) is 16.0 Å². The quantitative estimate of drug-likeness (QED) is 0.678. The Morgan fingerprint density at radius 3 is 2.48 bits per heavy atom. The number of pyridine rings is 1. The number of amides is 1. The van der Waals surface area contributed by atoms with Crippen LogP contribution in [0.15, 0.2) is 79.0 Å². The van der Waals surface area contributed by atoms with E-state index in [2.05, 4.69) is 10.3 Å². The Labute approximate surface area is 158 Å². The molecule has 3 rings (SSSR count). The monoisotopic (exact) mass is 360 g/mol. The molecule has 3 aromatic rings. The lowest BCUT2D eigenvalue weighted by molar-refractivity contribution is -0.117. The number of methoxy groups -OCH3 is 1. The van der Waals surface area contributed by atoms with E-state index in [0.29, 0.717) is 17.7 Å². The number of hydrogen-bond donors (Lipinski definition) is 1. The maximum absolute atomic E-state index is 13.0. The maximum Gasteiger partial charge on any atom is 0.337 e. The molecule has 0 fully saturated rings. The molecule has 1 amide bonds. The minimum Gasteiger partial charge on any atom is -0.465 e. The van der Waals surface area contributed by atoms with Crippen LogP contribution < -0.4 is 5.32 Å². The fourth-order valence-corrected chi connectivity index (χ4v) is 2.85. The molecule has 0 aliphatic heterocycles. The Hall–Kier alpha value is -3.47. The summed E-state index contributed by atoms with van der Waals surface area (Å²) in [6, 6.07) is 21.9. The topological polar surface area (TPSA) is 68.3 Å². The van der Waals surface area contributed by atoms with Crippen molar-refractivity contribution < 1.29 is 14.3 Å². The first-order valence-electron chi connectivity index (χ1n) is 8.61. The zero-order chi connectivity index (χ0) is 19.1. The second kappa shape index (κ2) is 8.76. The van der Waals surface area contributed by atoms with E-state index in [1.165, 1.54) is 7.11 Å². The minimum absolute atomic E-state index is 0.158. The summed E-state index contributed by atoms with van der Waals surface area (Å²) in [4.78, 5) is 29.1. The number of rotatable bonds is 6. The predicted molar refractivity (Wildman–Crippen MR) is 104 cm³/mol. The summed E-state index contributed by atoms with van der Waals surface area (Å²) < 4.78 is 4.73. The molecule has 5 heteroatoms. The molecule has 1 unspecified atom stereocenters. The molecule has 136 valence electrons. The lowest BCUT2D eigenvalue weighted by atomic mass is 9.93. The average molecular weight is 360 g/mol. The highest BCUT2D eigenvalue weighted by Gasteiger charge is 2.22. The van der Waals surface area contributed by atoms with Gasteiger partial charge in [0.15, 0.2) is 0 Å². The van der Waals surface area contributed by atoms with Crippen LogP contribution in [0.3, 0.4) is 0 Å². The van der Waals surface area contributed by atoms with Crippen LogP contribution in [0.1, 0.15) is 27.5 Å². The summed E-state index contributed by atoms with van der Waals surface area (Å²) in [6.07, 6.45) is 2.20. The standard InChI is InChI=1S/C22H20N2O3/c1-27-22(26)17-10-7-12-19(14-17)24-21(25)20(16-8-3-2-4-9-16)15-18-11-5-6-13-23-18/h2-14,20H,15H2,1H3,(H,24,25). The molecule has 2 aromatic carbocycles. The number of nitrogens with one attached hydrogen (secondary N) is 1. The minimum atomic E-state index is -0.445. The van der Waals surface area contributed by atoms with Crippen molar-refractivity contribution in [2.24, 2.45) is 0 Å². The van der Waals surface area contributed by atoms with Crippen LogP contribution in [0.4, 0.5) is 5.69 Å². The van der Waals surface area contributed by atoms with Gasteiger partial charge in [-0.15, -0.1) is 0 Å². The number of aromatic nitrogens is 1. The maximum atomic E-state index is 13.0. The molecule has 0 saturated carbocycles. The molecule has 0 aliphatic rings. The van der Waals surface area contributed by atoms with E-state index in [-0.39, 0.29) is 5.91 Å². The highest BCUT2D eigenvalue weighted by Crippen LogP contribution is 2.23. The van der Waals surface area contributed by atoms with Crippen LogP contribution in [0.5, 0.6) is 0 Å². The second-order valence-electron chi connectivity index (χ2n) is 6.05. The molecule has 1 heterocycles. The second-order valence-corrected chi connectivity index (χ2v) is 6.05. The van der Waals surface area contributed by atoms with Crippen molar-refractivity contribution in [1.82, 2.24) is 4.98 Å². The van der Waals surface area contributed by atoms with Gasteiger partial charge in [0, 0.05) is 24.0 Å². The van der Waals surface area contributed by atoms with Crippen molar-refractivity contribution in [3.63, 3.8) is 0 Å². The van der Waals surface area contributed by atoms with Crippen LogP contribution in [0, 0.1) is 0 Å². The summed E-state index contributed by atoms with van der Waals surface area (Å²) in [5.41, 5.74) is 2.68. The molecule has 1 atom stereocenters. The van der Waals surface area contributed by atoms with Gasteiger partial charge in [-0.05, 0) is 35.9 Å². The molecule has 0 saturated heterocycles. The SMILES string of the molecule is COC(=O)c1cccc(NC(=O)C(Cc2ccccn2)c2ccccc2)c1. The van der Waals surface area contributed by atoms with Gasteiger partial charge in [-0.1, -0.05) is 42.5 Å². The summed E-state index contributed by atoms with van der Waals surface area (Å²) in [5, 5.41) is 2.91. The average Bonchev–Trinajstić information content (AvgIpc) is 2.73. The predicted octanol–water partition coefficient (Wildman–Crippen LogP) is 3.83. The third kappa shape index (κ3) is 4.79. The van der Waals surface area contributed by atoms with Crippen LogP contribution in [0.2, 0.25) is 0 Å². The number of esters is 1. The number of carbonyl (C=O) groups excluding carboxylic acids is 2. The smallest absolute Gasteiger partial charge is 0.337 e. The molecule has 0 bridgehead atoms. The molecule has 0 aliphatic carbocycles. The number of hydrogen-bond acceptors (Lipinski definition) is 4. The van der Waals surface area contributed by atoms with E-state index in [0.717, 1.165) is 11.3 Å². The third-order valence-corrected chi connectivity index (χ3v) is 4.21. The first-order valence-corrected chi connectivity index (χ1v) is 8.61. The molecule has 1 aromatic heterocycles. The summed E-state index contributed by atoms with van der Waals surface area (Å²) in [7, 11) is 1.33. The van der Waals surface area contributed by atoms with E-state index in [1.807, 2.05) is 48.5 Å². The molecular weight excluding hydrogens is 340 g/mol. The van der Waals surface area contributed by atoms with Gasteiger partial charge in [0.05, 0.1) is 18.6 Å². The van der Waals surface area contributed by atoms with Gasteiger partial charge in [-0.3, -0.25) is 9.78 Å². The summed E-state index contributed by atoms with van der Waals surface area (Å²) in [6.45, 7) is 0. The Morgan fingerprint density at radius 1 is 1.00 bits per heavy atom. The van der Waals surface area contributed by atoms with Crippen molar-refractivity contribution in [1.29, 1.82) is 0 Å². The summed E-state index contributed by atoms with van der Waals surface area (Å²) in [5.74, 6) is -1.00. The molecule has 27 heavy (non-hydrogen) atoms. The van der Waals surface area contributed by atoms with E-state index >= 15 is 0 Å². The van der Waals surface area contributed by atoms with Gasteiger partial charge >= 0.3 is 5.97 Å². The normalized spacial score (nSPS) is 11.4. The van der Waals surface area contributed by atoms with Crippen molar-refractivity contribution in [3.05, 3.63) is 95.8 Å². The first-order chi connectivity index (χ1) is 13.2. The number of carbonyl (C=O) groups is 2. The lowest BCUT2D eigenvalue weighted by Gasteiger charge is -2.17. The fraction of sp³-hybridized carbons (Fsp3) is 0.136. The van der Waals surface area contributed by atoms with E-state index < -0.39 is 11.9 Å². The van der Waals surface area contributed by atoms with Gasteiger partial charge < -0.3 is 10.1 Å². The van der Waals surface area contributed by atoms with Crippen LogP contribution >= 0.6 is 0 Å². The fourth-order valence-electron chi connectivity index (χ4n) is 2.85. The molecule has 5 nitrogen and oxygen atoms in total. The lowest BCUT2D eigenvalue weighted by Crippen LogP contribution is -2.23. The molecular formula is C22H20N2O3. The number of anilines is 1. The van der Waals surface area contributed by atoms with Crippen LogP contribution in [0.25, 0.3) is 0 Å². The number of benzene rings is 2. The van der Waals surface area contributed by atoms with Crippen molar-refractivity contribution in [3.8, 4) is 0 Å². The van der Waals surface area contributed by atoms with Gasteiger partial charge in [-0.25, -0.2) is 4.79 Å². The zero-order valence-corrected chi connectivity index (χ0v) is 15.0. The number of ether oxygens (including phenoxy) is 1. The highest BCUT2D eigenvalue weighted by molar-refractivity contribution is 5.97. The van der Waals surface area contributed by atoms with Gasteiger partial charge in [0.2, 0.25) is 5.91 Å². The summed E-state index contributed by atoms with van der Waals surface area (Å²) >= 11 is 0. The molecule has 0 radical (unpaired) electrons. The largest absolute Gasteiger partial charge is 0.465 e. The van der Waals surface area contributed by atoms with E-state index in [4.69, 9.17) is 4.74 Å². The van der Waals surface area contributed by atoms with E-state index in [1.54, 1.807) is 30.5 Å². The van der Waals surface area contributed by atoms with Crippen LogP contribution in [-0.4, -0.2) is 24.0 Å². The zero-order valence-electron chi connectivity index (χ0n) is 15.0. The number of nitrogens with zero attached hydrogens (tertiary/aromatic N) is 1. The third-order valence-electron chi connectivity index (χ3n) is 4.21. The molecule has 0 spiro atoms. The Bertz CT molecular complexity index is 911. The van der Waals surface area contributed by atoms with Gasteiger partial charge in [0.25, 0.3) is 0 Å². The van der Waals surface area contributed by atoms with Crippen molar-refractivity contribution >= 4 is 17.6 Å². The first kappa shape index (κ1) is 18.3. The van der Waals surface area contributed by atoms with E-state index in [9.17, 15) is 9.59 Å². The van der Waals surface area contributed by atoms with Crippen molar-refractivity contribution in [2.75, 3.05) is 12.4 Å². The van der Waals surface area contributed by atoms with Gasteiger partial charge in [0.1, 0.15) is 0 Å². The Balaban J connectivity index is 1.84. The van der Waals surface area contributed by atoms with Gasteiger partial charge in [-0.2, -0.15) is 0 Å². The molecule has 1 N–H and O–H groups in total. The van der Waals surface area contributed by atoms with Crippen molar-refractivity contribution in [2.45, 2.75) is 12.3 Å². The highest BCUT2D eigenvalue weighted by atomic mass is 16.5. The Morgan fingerprint density at radius 2 is 1.78 bits per heavy atom. The Kier molecular flexibility index (Phi) is 5.94.